The third-order valence-electron chi connectivity index (χ3n) is 16.5. The Labute approximate surface area is 499 Å². The molecule has 5 heterocycles. The molecule has 0 bridgehead atoms. The summed E-state index contributed by atoms with van der Waals surface area (Å²) in [5, 5.41) is 9.61. The minimum atomic E-state index is -4.51. The largest absolute Gasteiger partial charge is 0.476 e. The molecule has 2 saturated heterocycles. The van der Waals surface area contributed by atoms with Gasteiger partial charge >= 0.3 is 0 Å². The Morgan fingerprint density at radius 3 is 2.06 bits per heavy atom. The van der Waals surface area contributed by atoms with Crippen LogP contribution in [0.15, 0.2) is 192 Å². The number of benzene rings is 6. The standard InChI is InChI=1S/C66H64Cl2N8O5S2/c1-65(2)30-27-48(56(41-65)47-21-23-52(67)24-22-47)44-73-34-36-74(37-35-73)53-25-26-55(62(77)72-83(78,79)54-40-58(68)63(70-42-54)80-45-46-28-32-75(33-29-46)64-69-31-38-82-64)61(39-53)81-60-20-12-19-59-57(60)43-71-76(59)66(49-13-6-3-7-14-49,50-15-8-4-9-16-50)51-17-10-5-11-18-51/h3-26,31,38-40,42-43,46H,27-30,32-37,41,44-45H2,1-2H3,(H,72,77). The van der Waals surface area contributed by atoms with E-state index < -0.39 is 21.5 Å². The number of anilines is 2. The van der Waals surface area contributed by atoms with E-state index in [0.717, 1.165) is 122 Å². The van der Waals surface area contributed by atoms with Crippen LogP contribution in [-0.2, 0) is 15.6 Å². The summed E-state index contributed by atoms with van der Waals surface area (Å²) in [7, 11) is -4.51. The number of piperazine rings is 1. The molecule has 0 radical (unpaired) electrons. The van der Waals surface area contributed by atoms with Gasteiger partial charge in [-0.2, -0.15) is 5.10 Å². The van der Waals surface area contributed by atoms with E-state index in [4.69, 9.17) is 37.8 Å². The van der Waals surface area contributed by atoms with Crippen molar-refractivity contribution in [1.82, 2.24) is 29.4 Å². The molecule has 83 heavy (non-hydrogen) atoms. The van der Waals surface area contributed by atoms with Crippen LogP contribution < -0.4 is 24.0 Å². The van der Waals surface area contributed by atoms with Crippen LogP contribution in [-0.4, -0.2) is 91.4 Å². The van der Waals surface area contributed by atoms with Crippen molar-refractivity contribution in [2.75, 3.05) is 62.2 Å². The summed E-state index contributed by atoms with van der Waals surface area (Å²) in [4.78, 5) is 30.2. The molecule has 1 amide bonds. The molecule has 13 nitrogen and oxygen atoms in total. The highest BCUT2D eigenvalue weighted by Gasteiger charge is 2.41. The first-order valence-electron chi connectivity index (χ1n) is 28.2. The van der Waals surface area contributed by atoms with Crippen molar-refractivity contribution < 1.29 is 22.7 Å². The summed E-state index contributed by atoms with van der Waals surface area (Å²) in [6, 6.07) is 51.6. The van der Waals surface area contributed by atoms with Gasteiger partial charge in [0.25, 0.3) is 15.9 Å². The van der Waals surface area contributed by atoms with Gasteiger partial charge in [0.1, 0.15) is 27.0 Å². The molecule has 1 N–H and O–H groups in total. The van der Waals surface area contributed by atoms with Crippen LogP contribution in [0.1, 0.15) is 78.6 Å². The summed E-state index contributed by atoms with van der Waals surface area (Å²) >= 11 is 14.6. The number of amides is 1. The lowest BCUT2D eigenvalue weighted by atomic mass is 9.72. The van der Waals surface area contributed by atoms with E-state index in [9.17, 15) is 13.2 Å². The fourth-order valence-electron chi connectivity index (χ4n) is 12.0. The molecule has 2 aliphatic heterocycles. The number of nitrogens with zero attached hydrogens (tertiary/aromatic N) is 7. The number of thiazole rings is 1. The number of hydrogen-bond acceptors (Lipinski definition) is 12. The number of fused-ring (bicyclic) bond motifs is 1. The second kappa shape index (κ2) is 24.0. The molecular weight excluding hydrogens is 1120 g/mol. The molecule has 3 aliphatic rings. The fraction of sp³-hybridized carbons (Fsp3) is 0.273. The predicted octanol–water partition coefficient (Wildman–Crippen LogP) is 14.0. The Bertz CT molecular complexity index is 3790. The topological polar surface area (TPSA) is 135 Å². The maximum Gasteiger partial charge on any atom is 0.268 e. The van der Waals surface area contributed by atoms with Gasteiger partial charge in [-0.05, 0) is 114 Å². The van der Waals surface area contributed by atoms with Gasteiger partial charge in [-0.25, -0.2) is 27.8 Å². The Kier molecular flexibility index (Phi) is 16.2. The average molecular weight is 1180 g/mol. The lowest BCUT2D eigenvalue weighted by Gasteiger charge is -2.39. The number of piperidine rings is 1. The summed E-state index contributed by atoms with van der Waals surface area (Å²) in [6.45, 7) is 10.7. The number of hydrogen-bond donors (Lipinski definition) is 1. The van der Waals surface area contributed by atoms with Gasteiger partial charge in [-0.15, -0.1) is 11.3 Å². The third kappa shape index (κ3) is 11.9. The monoisotopic (exact) mass is 1180 g/mol. The van der Waals surface area contributed by atoms with Gasteiger partial charge in [0.15, 0.2) is 5.13 Å². The summed E-state index contributed by atoms with van der Waals surface area (Å²) in [5.41, 5.74) is 8.03. The molecule has 17 heteroatoms. The van der Waals surface area contributed by atoms with E-state index in [2.05, 4.69) is 91.8 Å². The number of aromatic nitrogens is 4. The molecule has 12 rings (SSSR count). The van der Waals surface area contributed by atoms with Gasteiger partial charge in [0, 0.05) is 74.2 Å². The highest BCUT2D eigenvalue weighted by atomic mass is 35.5. The van der Waals surface area contributed by atoms with Crippen LogP contribution in [0.4, 0.5) is 10.8 Å². The lowest BCUT2D eigenvalue weighted by molar-refractivity contribution is 0.0979. The number of allylic oxidation sites excluding steroid dienone is 1. The first-order valence-corrected chi connectivity index (χ1v) is 31.3. The highest BCUT2D eigenvalue weighted by Crippen LogP contribution is 2.46. The lowest BCUT2D eigenvalue weighted by Crippen LogP contribution is -2.47. The SMILES string of the molecule is CC1(C)CCC(CN2CCN(c3ccc(C(=O)NS(=O)(=O)c4cnc(OCC5CCN(c6nccs6)CC5)c(Cl)c4)c(Oc4cccc5c4cnn5C(c4ccccc4)(c4ccccc4)c4ccccc4)c3)CC2)=C(c2ccc(Cl)cc2)C1. The number of carbonyl (C=O) groups is 1. The first-order chi connectivity index (χ1) is 40.3. The smallest absolute Gasteiger partial charge is 0.268 e. The maximum atomic E-state index is 14.6. The molecule has 2 fully saturated rings. The average Bonchev–Trinajstić information content (AvgIpc) is 3.63. The van der Waals surface area contributed by atoms with Crippen LogP contribution in [0.2, 0.25) is 10.0 Å². The highest BCUT2D eigenvalue weighted by molar-refractivity contribution is 7.90. The van der Waals surface area contributed by atoms with Crippen molar-refractivity contribution in [3.05, 3.63) is 225 Å². The van der Waals surface area contributed by atoms with Crippen molar-refractivity contribution in [2.24, 2.45) is 11.3 Å². The fourth-order valence-corrected chi connectivity index (χ4v) is 14.1. The number of rotatable bonds is 17. The van der Waals surface area contributed by atoms with Gasteiger partial charge in [-0.1, -0.05) is 152 Å². The zero-order valence-electron chi connectivity index (χ0n) is 46.3. The Hall–Kier alpha value is -7.53. The maximum absolute atomic E-state index is 14.6. The van der Waals surface area contributed by atoms with Crippen LogP contribution in [0, 0.1) is 11.3 Å². The quantitative estimate of drug-likeness (QED) is 0.0873. The van der Waals surface area contributed by atoms with Gasteiger partial charge in [0.05, 0.1) is 35.5 Å². The van der Waals surface area contributed by atoms with Crippen LogP contribution in [0.3, 0.4) is 0 Å². The normalized spacial score (nSPS) is 16.3. The first kappa shape index (κ1) is 56.0. The molecule has 424 valence electrons. The minimum Gasteiger partial charge on any atom is -0.476 e. The van der Waals surface area contributed by atoms with Crippen LogP contribution in [0.5, 0.6) is 17.4 Å². The summed E-state index contributed by atoms with van der Waals surface area (Å²) in [6.07, 6.45) is 9.75. The van der Waals surface area contributed by atoms with E-state index in [1.54, 1.807) is 23.6 Å². The number of halogens is 2. The van der Waals surface area contributed by atoms with E-state index in [0.29, 0.717) is 17.7 Å². The van der Waals surface area contributed by atoms with Crippen molar-refractivity contribution in [2.45, 2.75) is 56.4 Å². The predicted molar refractivity (Wildman–Crippen MR) is 332 cm³/mol. The van der Waals surface area contributed by atoms with Crippen molar-refractivity contribution in [3.63, 3.8) is 0 Å². The summed E-state index contributed by atoms with van der Waals surface area (Å²) < 4.78 is 45.7. The van der Waals surface area contributed by atoms with E-state index in [1.165, 1.54) is 22.8 Å². The zero-order valence-corrected chi connectivity index (χ0v) is 49.5. The third-order valence-corrected chi connectivity index (χ3v) is 19.2. The van der Waals surface area contributed by atoms with E-state index >= 15 is 0 Å². The zero-order chi connectivity index (χ0) is 57.1. The Morgan fingerprint density at radius 2 is 1.42 bits per heavy atom. The molecule has 0 spiro atoms. The Morgan fingerprint density at radius 1 is 0.747 bits per heavy atom. The molecular formula is C66H64Cl2N8O5S2. The van der Waals surface area contributed by atoms with Gasteiger partial charge in [-0.3, -0.25) is 9.69 Å². The number of nitrogens with one attached hydrogen (secondary N) is 1. The van der Waals surface area contributed by atoms with Gasteiger partial charge in [0.2, 0.25) is 5.88 Å². The number of sulfonamides is 1. The molecule has 9 aromatic rings. The van der Waals surface area contributed by atoms with Crippen LogP contribution in [0.25, 0.3) is 16.5 Å². The molecule has 6 aromatic carbocycles. The summed E-state index contributed by atoms with van der Waals surface area (Å²) in [5.74, 6) is 0.0820. The molecule has 3 aromatic heterocycles. The van der Waals surface area contributed by atoms with E-state index in [-0.39, 0.29) is 38.4 Å². The van der Waals surface area contributed by atoms with Crippen molar-refractivity contribution in [3.8, 4) is 17.4 Å². The number of carbonyl (C=O) groups excluding carboxylic acids is 1. The van der Waals surface area contributed by atoms with Crippen LogP contribution >= 0.6 is 34.5 Å². The van der Waals surface area contributed by atoms with Crippen molar-refractivity contribution >= 4 is 77.8 Å². The number of ether oxygens (including phenoxy) is 2. The molecule has 0 atom stereocenters. The Balaban J connectivity index is 0.841. The van der Waals surface area contributed by atoms with Gasteiger partial charge < -0.3 is 19.3 Å². The van der Waals surface area contributed by atoms with E-state index in [1.807, 2.05) is 113 Å². The van der Waals surface area contributed by atoms with Crippen molar-refractivity contribution in [1.29, 1.82) is 0 Å². The second-order valence-corrected chi connectivity index (χ2v) is 25.9. The second-order valence-electron chi connectivity index (χ2n) is 22.5. The molecule has 0 unspecified atom stereocenters. The minimum absolute atomic E-state index is 0.00867. The molecule has 1 aliphatic carbocycles. The molecule has 0 saturated carbocycles. The number of pyridine rings is 1.